The first-order valence-electron chi connectivity index (χ1n) is 6.02. The highest BCUT2D eigenvalue weighted by molar-refractivity contribution is 6.30. The largest absolute Gasteiger partial charge is 0.493 e. The maximum Gasteiger partial charge on any atom is 0.127 e. The summed E-state index contributed by atoms with van der Waals surface area (Å²) in [5.74, 6) is 0.931. The number of aliphatic hydroxyl groups excluding tert-OH is 1. The van der Waals surface area contributed by atoms with Gasteiger partial charge in [-0.3, -0.25) is 0 Å². The molecule has 5 heteroatoms. The number of aliphatic hydroxyl groups is 1. The Morgan fingerprint density at radius 2 is 2.39 bits per heavy atom. The van der Waals surface area contributed by atoms with Crippen molar-refractivity contribution in [3.63, 3.8) is 0 Å². The molecule has 0 amide bonds. The molecule has 0 aromatic heterocycles. The molecular weight excluding hydrogens is 254 g/mol. The number of hydrogen-bond donors (Lipinski definition) is 2. The minimum atomic E-state index is -0.0777. The molecule has 0 aliphatic carbocycles. The van der Waals surface area contributed by atoms with Gasteiger partial charge in [0.05, 0.1) is 25.9 Å². The van der Waals surface area contributed by atoms with Gasteiger partial charge in [0.15, 0.2) is 0 Å². The fourth-order valence-electron chi connectivity index (χ4n) is 2.11. The van der Waals surface area contributed by atoms with E-state index in [1.54, 1.807) is 7.11 Å². The quantitative estimate of drug-likeness (QED) is 0.821. The van der Waals surface area contributed by atoms with Gasteiger partial charge in [0.1, 0.15) is 5.75 Å². The Morgan fingerprint density at radius 1 is 1.56 bits per heavy atom. The lowest BCUT2D eigenvalue weighted by atomic mass is 10.1. The topological polar surface area (TPSA) is 50.7 Å². The van der Waals surface area contributed by atoms with Crippen LogP contribution in [0.4, 0.5) is 0 Å². The fourth-order valence-corrected chi connectivity index (χ4v) is 2.37. The lowest BCUT2D eigenvalue weighted by Crippen LogP contribution is -2.36. The summed E-state index contributed by atoms with van der Waals surface area (Å²) in [4.78, 5) is 0. The standard InChI is InChI=1S/C13H18ClNO3/c1-17-8-12(7-16)15-6-10-5-11(14)4-9-2-3-18-13(9)10/h4-5,12,15-16H,2-3,6-8H2,1H3. The van der Waals surface area contributed by atoms with Crippen molar-refractivity contribution in [2.24, 2.45) is 0 Å². The van der Waals surface area contributed by atoms with E-state index in [1.165, 1.54) is 0 Å². The van der Waals surface area contributed by atoms with E-state index in [9.17, 15) is 5.11 Å². The fraction of sp³-hybridized carbons (Fsp3) is 0.538. The van der Waals surface area contributed by atoms with Crippen LogP contribution in [0, 0.1) is 0 Å². The SMILES string of the molecule is COCC(CO)NCc1cc(Cl)cc2c1OCC2. The number of fused-ring (bicyclic) bond motifs is 1. The maximum atomic E-state index is 9.18. The third-order valence-electron chi connectivity index (χ3n) is 2.99. The third-order valence-corrected chi connectivity index (χ3v) is 3.21. The predicted octanol–water partition coefficient (Wildman–Crippen LogP) is 1.37. The van der Waals surface area contributed by atoms with Crippen LogP contribution in [0.1, 0.15) is 11.1 Å². The van der Waals surface area contributed by atoms with Crippen molar-refractivity contribution < 1.29 is 14.6 Å². The number of methoxy groups -OCH3 is 1. The number of halogens is 1. The van der Waals surface area contributed by atoms with E-state index >= 15 is 0 Å². The van der Waals surface area contributed by atoms with Crippen LogP contribution in [0.5, 0.6) is 5.75 Å². The van der Waals surface area contributed by atoms with E-state index < -0.39 is 0 Å². The summed E-state index contributed by atoms with van der Waals surface area (Å²) in [5.41, 5.74) is 2.19. The molecule has 0 saturated carbocycles. The molecule has 2 N–H and O–H groups in total. The van der Waals surface area contributed by atoms with Gasteiger partial charge >= 0.3 is 0 Å². The van der Waals surface area contributed by atoms with Crippen molar-refractivity contribution in [2.45, 2.75) is 19.0 Å². The van der Waals surface area contributed by atoms with Crippen molar-refractivity contribution in [3.05, 3.63) is 28.3 Å². The van der Waals surface area contributed by atoms with Gasteiger partial charge in [-0.15, -0.1) is 0 Å². The first kappa shape index (κ1) is 13.6. The van der Waals surface area contributed by atoms with Crippen molar-refractivity contribution in [1.29, 1.82) is 0 Å². The third kappa shape index (κ3) is 3.14. The molecule has 1 unspecified atom stereocenters. The van der Waals surface area contributed by atoms with E-state index in [0.29, 0.717) is 19.8 Å². The van der Waals surface area contributed by atoms with Gasteiger partial charge in [0.2, 0.25) is 0 Å². The van der Waals surface area contributed by atoms with Crippen LogP contribution < -0.4 is 10.1 Å². The first-order valence-corrected chi connectivity index (χ1v) is 6.39. The Labute approximate surface area is 112 Å². The van der Waals surface area contributed by atoms with Gasteiger partial charge < -0.3 is 19.9 Å². The minimum absolute atomic E-state index is 0.0391. The molecule has 18 heavy (non-hydrogen) atoms. The molecule has 0 radical (unpaired) electrons. The zero-order valence-electron chi connectivity index (χ0n) is 10.4. The number of benzene rings is 1. The number of rotatable bonds is 6. The molecule has 4 nitrogen and oxygen atoms in total. The zero-order valence-corrected chi connectivity index (χ0v) is 11.2. The highest BCUT2D eigenvalue weighted by Crippen LogP contribution is 2.32. The molecule has 1 aliphatic rings. The van der Waals surface area contributed by atoms with Gasteiger partial charge in [0.25, 0.3) is 0 Å². The van der Waals surface area contributed by atoms with E-state index in [4.69, 9.17) is 21.1 Å². The number of hydrogen-bond acceptors (Lipinski definition) is 4. The van der Waals surface area contributed by atoms with E-state index in [0.717, 1.165) is 28.3 Å². The molecular formula is C13H18ClNO3. The van der Waals surface area contributed by atoms with Crippen molar-refractivity contribution >= 4 is 11.6 Å². The molecule has 0 bridgehead atoms. The summed E-state index contributed by atoms with van der Waals surface area (Å²) >= 11 is 6.08. The minimum Gasteiger partial charge on any atom is -0.493 e. The summed E-state index contributed by atoms with van der Waals surface area (Å²) in [7, 11) is 1.62. The lowest BCUT2D eigenvalue weighted by Gasteiger charge is -2.16. The molecule has 1 atom stereocenters. The van der Waals surface area contributed by atoms with Crippen molar-refractivity contribution in [1.82, 2.24) is 5.32 Å². The van der Waals surface area contributed by atoms with Crippen LogP contribution in [0.2, 0.25) is 5.02 Å². The molecule has 0 saturated heterocycles. The summed E-state index contributed by atoms with van der Waals surface area (Å²) in [6, 6.07) is 3.78. The normalized spacial score (nSPS) is 15.3. The van der Waals surface area contributed by atoms with E-state index in [-0.39, 0.29) is 12.6 Å². The Kier molecular flexibility index (Phi) is 4.83. The molecule has 1 aromatic rings. The summed E-state index contributed by atoms with van der Waals surface area (Å²) in [6.45, 7) is 1.83. The molecule has 1 aromatic carbocycles. The average molecular weight is 272 g/mol. The molecule has 0 fully saturated rings. The molecule has 100 valence electrons. The monoisotopic (exact) mass is 271 g/mol. The van der Waals surface area contributed by atoms with Gasteiger partial charge in [-0.2, -0.15) is 0 Å². The van der Waals surface area contributed by atoms with Crippen LogP contribution in [0.15, 0.2) is 12.1 Å². The predicted molar refractivity (Wildman–Crippen MR) is 70.2 cm³/mol. The zero-order chi connectivity index (χ0) is 13.0. The van der Waals surface area contributed by atoms with Gasteiger partial charge in [-0.05, 0) is 17.7 Å². The first-order chi connectivity index (χ1) is 8.74. The summed E-state index contributed by atoms with van der Waals surface area (Å²) < 4.78 is 10.6. The number of nitrogens with one attached hydrogen (secondary N) is 1. The maximum absolute atomic E-state index is 9.18. The Hall–Kier alpha value is -0.810. The van der Waals surface area contributed by atoms with Gasteiger partial charge in [-0.25, -0.2) is 0 Å². The van der Waals surface area contributed by atoms with E-state index in [2.05, 4.69) is 5.32 Å². The highest BCUT2D eigenvalue weighted by atomic mass is 35.5. The highest BCUT2D eigenvalue weighted by Gasteiger charge is 2.18. The molecule has 2 rings (SSSR count). The Balaban J connectivity index is 2.05. The second-order valence-electron chi connectivity index (χ2n) is 4.37. The van der Waals surface area contributed by atoms with Gasteiger partial charge in [-0.1, -0.05) is 11.6 Å². The van der Waals surface area contributed by atoms with Crippen molar-refractivity contribution in [2.75, 3.05) is 26.9 Å². The van der Waals surface area contributed by atoms with E-state index in [1.807, 2.05) is 12.1 Å². The molecule has 0 spiro atoms. The Bertz CT molecular complexity index is 411. The second kappa shape index (κ2) is 6.38. The van der Waals surface area contributed by atoms with Crippen molar-refractivity contribution in [3.8, 4) is 5.75 Å². The van der Waals surface area contributed by atoms with Crippen LogP contribution >= 0.6 is 11.6 Å². The molecule has 1 aliphatic heterocycles. The average Bonchev–Trinajstić information content (AvgIpc) is 2.82. The van der Waals surface area contributed by atoms with Gasteiger partial charge in [0, 0.05) is 30.7 Å². The van der Waals surface area contributed by atoms with Crippen LogP contribution in [-0.4, -0.2) is 38.1 Å². The van der Waals surface area contributed by atoms with Crippen LogP contribution in [0.3, 0.4) is 0 Å². The van der Waals surface area contributed by atoms with Crippen LogP contribution in [-0.2, 0) is 17.7 Å². The van der Waals surface area contributed by atoms with Crippen LogP contribution in [0.25, 0.3) is 0 Å². The summed E-state index contributed by atoms with van der Waals surface area (Å²) in [5, 5.41) is 13.1. The Morgan fingerprint density at radius 3 is 3.11 bits per heavy atom. The molecule has 1 heterocycles. The second-order valence-corrected chi connectivity index (χ2v) is 4.80. The summed E-state index contributed by atoms with van der Waals surface area (Å²) in [6.07, 6.45) is 0.907. The number of ether oxygens (including phenoxy) is 2. The smallest absolute Gasteiger partial charge is 0.127 e. The lowest BCUT2D eigenvalue weighted by molar-refractivity contribution is 0.128.